The van der Waals surface area contributed by atoms with Gasteiger partial charge >= 0.3 is 0 Å². The molecule has 0 fully saturated rings. The fraction of sp³-hybridized carbons (Fsp3) is 0.304. The average Bonchev–Trinajstić information content (AvgIpc) is 3.14. The van der Waals surface area contributed by atoms with E-state index >= 15 is 0 Å². The summed E-state index contributed by atoms with van der Waals surface area (Å²) in [6, 6.07) is 19.3. The number of rotatable bonds is 10. The summed E-state index contributed by atoms with van der Waals surface area (Å²) < 4.78 is 2.03. The lowest BCUT2D eigenvalue weighted by Crippen LogP contribution is -2.42. The SMILES string of the molecule is CCn1c(Cc2ccccc2)nnc1SCC(=O)N[C@H](Cc1ccccc1)C(C)=O. The van der Waals surface area contributed by atoms with Gasteiger partial charge < -0.3 is 9.88 Å². The predicted octanol–water partition coefficient (Wildman–Crippen LogP) is 3.30. The smallest absolute Gasteiger partial charge is 0.231 e. The number of hydrogen-bond acceptors (Lipinski definition) is 5. The monoisotopic (exact) mass is 422 g/mol. The van der Waals surface area contributed by atoms with Gasteiger partial charge in [0.15, 0.2) is 10.9 Å². The van der Waals surface area contributed by atoms with Crippen molar-refractivity contribution in [1.82, 2.24) is 20.1 Å². The Labute approximate surface area is 181 Å². The molecule has 1 atom stereocenters. The second kappa shape index (κ2) is 10.7. The number of nitrogens with one attached hydrogen (secondary N) is 1. The molecule has 7 heteroatoms. The number of benzene rings is 2. The van der Waals surface area contributed by atoms with Gasteiger partial charge in [-0.25, -0.2) is 0 Å². The molecule has 0 aliphatic heterocycles. The second-order valence-corrected chi connectivity index (χ2v) is 7.96. The lowest BCUT2D eigenvalue weighted by atomic mass is 10.0. The van der Waals surface area contributed by atoms with Crippen molar-refractivity contribution in [2.75, 3.05) is 5.75 Å². The van der Waals surface area contributed by atoms with Crippen LogP contribution in [0.3, 0.4) is 0 Å². The molecule has 0 bridgehead atoms. The minimum absolute atomic E-state index is 0.0564. The molecule has 1 aromatic heterocycles. The van der Waals surface area contributed by atoms with Crippen LogP contribution < -0.4 is 5.32 Å². The van der Waals surface area contributed by atoms with Crippen LogP contribution in [0.25, 0.3) is 0 Å². The van der Waals surface area contributed by atoms with Gasteiger partial charge in [-0.2, -0.15) is 0 Å². The number of carbonyl (C=O) groups is 2. The summed E-state index contributed by atoms with van der Waals surface area (Å²) >= 11 is 1.34. The van der Waals surface area contributed by atoms with E-state index in [-0.39, 0.29) is 17.4 Å². The Kier molecular flexibility index (Phi) is 7.79. The van der Waals surface area contributed by atoms with Gasteiger partial charge in [-0.05, 0) is 31.4 Å². The van der Waals surface area contributed by atoms with E-state index in [9.17, 15) is 9.59 Å². The van der Waals surface area contributed by atoms with Crippen LogP contribution in [0.4, 0.5) is 0 Å². The van der Waals surface area contributed by atoms with Gasteiger partial charge in [-0.15, -0.1) is 10.2 Å². The molecule has 6 nitrogen and oxygen atoms in total. The van der Waals surface area contributed by atoms with Gasteiger partial charge in [0.1, 0.15) is 5.82 Å². The summed E-state index contributed by atoms with van der Waals surface area (Å²) in [7, 11) is 0. The summed E-state index contributed by atoms with van der Waals surface area (Å²) in [6.07, 6.45) is 1.18. The van der Waals surface area contributed by atoms with Gasteiger partial charge in [-0.3, -0.25) is 9.59 Å². The molecule has 1 heterocycles. The molecule has 3 aromatic rings. The van der Waals surface area contributed by atoms with Crippen molar-refractivity contribution in [2.24, 2.45) is 0 Å². The van der Waals surface area contributed by atoms with Gasteiger partial charge in [-0.1, -0.05) is 72.4 Å². The van der Waals surface area contributed by atoms with E-state index in [0.29, 0.717) is 18.0 Å². The molecule has 0 radical (unpaired) electrons. The summed E-state index contributed by atoms with van der Waals surface area (Å²) in [5.74, 6) is 0.810. The minimum atomic E-state index is -0.529. The Morgan fingerprint density at radius 3 is 2.23 bits per heavy atom. The zero-order chi connectivity index (χ0) is 21.3. The summed E-state index contributed by atoms with van der Waals surface area (Å²) in [4.78, 5) is 24.5. The zero-order valence-corrected chi connectivity index (χ0v) is 18.1. The van der Waals surface area contributed by atoms with E-state index in [4.69, 9.17) is 0 Å². The van der Waals surface area contributed by atoms with Gasteiger partial charge in [0.05, 0.1) is 11.8 Å². The molecule has 156 valence electrons. The van der Waals surface area contributed by atoms with Crippen LogP contribution in [0.2, 0.25) is 0 Å². The van der Waals surface area contributed by atoms with Crippen LogP contribution in [-0.2, 0) is 29.0 Å². The Morgan fingerprint density at radius 2 is 1.63 bits per heavy atom. The molecule has 0 aliphatic carbocycles. The summed E-state index contributed by atoms with van der Waals surface area (Å²) in [5.41, 5.74) is 2.18. The number of amides is 1. The number of ketones is 1. The van der Waals surface area contributed by atoms with Crippen LogP contribution in [0, 0.1) is 0 Å². The quantitative estimate of drug-likeness (QED) is 0.507. The second-order valence-electron chi connectivity index (χ2n) is 7.01. The molecule has 0 saturated carbocycles. The topological polar surface area (TPSA) is 76.9 Å². The molecular weight excluding hydrogens is 396 g/mol. The van der Waals surface area contributed by atoms with Crippen molar-refractivity contribution in [3.8, 4) is 0 Å². The number of aromatic nitrogens is 3. The van der Waals surface area contributed by atoms with E-state index < -0.39 is 6.04 Å². The fourth-order valence-electron chi connectivity index (χ4n) is 3.16. The van der Waals surface area contributed by atoms with Crippen molar-refractivity contribution in [3.63, 3.8) is 0 Å². The fourth-order valence-corrected chi connectivity index (χ4v) is 4.00. The maximum atomic E-state index is 12.5. The van der Waals surface area contributed by atoms with Crippen molar-refractivity contribution < 1.29 is 9.59 Å². The standard InChI is InChI=1S/C23H26N4O2S/c1-3-27-21(15-19-12-8-5-9-13-19)25-26-23(27)30-16-22(29)24-20(17(2)28)14-18-10-6-4-7-11-18/h4-13,20H,3,14-16H2,1-2H3,(H,24,29)/t20-/m1/s1. The number of carbonyl (C=O) groups excluding carboxylic acids is 2. The molecule has 30 heavy (non-hydrogen) atoms. The van der Waals surface area contributed by atoms with Gasteiger partial charge in [0.25, 0.3) is 0 Å². The highest BCUT2D eigenvalue weighted by atomic mass is 32.2. The van der Waals surface area contributed by atoms with Gasteiger partial charge in [0.2, 0.25) is 5.91 Å². The maximum Gasteiger partial charge on any atom is 0.231 e. The first-order chi connectivity index (χ1) is 14.6. The summed E-state index contributed by atoms with van der Waals surface area (Å²) in [6.45, 7) is 4.27. The zero-order valence-electron chi connectivity index (χ0n) is 17.2. The van der Waals surface area contributed by atoms with Crippen LogP contribution in [0.5, 0.6) is 0 Å². The lowest BCUT2D eigenvalue weighted by molar-refractivity contribution is -0.125. The molecule has 3 rings (SSSR count). The molecule has 0 unspecified atom stereocenters. The third-order valence-corrected chi connectivity index (χ3v) is 5.72. The highest BCUT2D eigenvalue weighted by Crippen LogP contribution is 2.19. The van der Waals surface area contributed by atoms with Crippen LogP contribution in [0.1, 0.15) is 30.8 Å². The predicted molar refractivity (Wildman–Crippen MR) is 118 cm³/mol. The molecular formula is C23H26N4O2S. The van der Waals surface area contributed by atoms with Crippen molar-refractivity contribution >= 4 is 23.5 Å². The number of hydrogen-bond donors (Lipinski definition) is 1. The number of nitrogens with zero attached hydrogens (tertiary/aromatic N) is 3. The molecule has 0 saturated heterocycles. The van der Waals surface area contributed by atoms with E-state index in [1.54, 1.807) is 0 Å². The van der Waals surface area contributed by atoms with Gasteiger partial charge in [0, 0.05) is 13.0 Å². The third kappa shape index (κ3) is 6.03. The van der Waals surface area contributed by atoms with Crippen LogP contribution in [-0.4, -0.2) is 38.2 Å². The van der Waals surface area contributed by atoms with Crippen molar-refractivity contribution in [1.29, 1.82) is 0 Å². The molecule has 2 aromatic carbocycles. The minimum Gasteiger partial charge on any atom is -0.345 e. The number of Topliss-reactive ketones (excluding diaryl/α,β-unsaturated/α-hetero) is 1. The van der Waals surface area contributed by atoms with E-state index in [0.717, 1.165) is 17.9 Å². The lowest BCUT2D eigenvalue weighted by Gasteiger charge is -2.16. The van der Waals surface area contributed by atoms with E-state index in [2.05, 4.69) is 27.6 Å². The Morgan fingerprint density at radius 1 is 1.00 bits per heavy atom. The molecule has 0 aliphatic rings. The van der Waals surface area contributed by atoms with E-state index in [1.807, 2.05) is 60.0 Å². The van der Waals surface area contributed by atoms with Crippen LogP contribution >= 0.6 is 11.8 Å². The third-order valence-electron chi connectivity index (χ3n) is 4.76. The van der Waals surface area contributed by atoms with Crippen LogP contribution in [0.15, 0.2) is 65.8 Å². The van der Waals surface area contributed by atoms with E-state index in [1.165, 1.54) is 24.2 Å². The average molecular weight is 423 g/mol. The first kappa shape index (κ1) is 21.8. The largest absolute Gasteiger partial charge is 0.345 e. The normalized spacial score (nSPS) is 11.8. The summed E-state index contributed by atoms with van der Waals surface area (Å²) in [5, 5.41) is 12.1. The highest BCUT2D eigenvalue weighted by molar-refractivity contribution is 7.99. The Bertz CT molecular complexity index is 973. The maximum absolute atomic E-state index is 12.5. The van der Waals surface area contributed by atoms with Crippen molar-refractivity contribution in [2.45, 2.75) is 44.4 Å². The molecule has 0 spiro atoms. The van der Waals surface area contributed by atoms with Crippen molar-refractivity contribution in [3.05, 3.63) is 77.6 Å². The molecule has 1 amide bonds. The number of thioether (sulfide) groups is 1. The highest BCUT2D eigenvalue weighted by Gasteiger charge is 2.19. The first-order valence-corrected chi connectivity index (χ1v) is 11.0. The Hall–Kier alpha value is -2.93. The first-order valence-electron chi connectivity index (χ1n) is 9.99. The Balaban J connectivity index is 1.59. The molecule has 1 N–H and O–H groups in total.